The molecule has 4 rings (SSSR count). The summed E-state index contributed by atoms with van der Waals surface area (Å²) in [5, 5.41) is 52.3. The van der Waals surface area contributed by atoms with E-state index in [-0.39, 0.29) is 75.8 Å². The molecule has 0 saturated carbocycles. The fraction of sp³-hybridized carbons (Fsp3) is 0.673. The van der Waals surface area contributed by atoms with E-state index in [4.69, 9.17) is 17.2 Å². The Hall–Kier alpha value is -6.62. The van der Waals surface area contributed by atoms with Gasteiger partial charge in [-0.25, -0.2) is 4.79 Å². The number of thiol groups is 1. The van der Waals surface area contributed by atoms with Gasteiger partial charge in [-0.2, -0.15) is 12.6 Å². The highest BCUT2D eigenvalue weighted by atomic mass is 32.1. The zero-order chi connectivity index (χ0) is 59.1. The molecule has 9 amide bonds. The Kier molecular flexibility index (Phi) is 27.4. The number of rotatable bonds is 32. The number of amides is 9. The number of carbonyl (C=O) groups excluding carboxylic acids is 9. The van der Waals surface area contributed by atoms with Gasteiger partial charge in [0.2, 0.25) is 53.2 Å². The van der Waals surface area contributed by atoms with Crippen LogP contribution in [-0.2, 0) is 54.4 Å². The third-order valence-electron chi connectivity index (χ3n) is 14.6. The molecule has 1 aromatic rings. The number of carboxylic acids is 1. The number of likely N-dealkylation sites (tertiary alicyclic amines) is 2. The van der Waals surface area contributed by atoms with Crippen molar-refractivity contribution in [1.29, 1.82) is 0 Å². The van der Waals surface area contributed by atoms with Crippen LogP contribution in [-0.4, -0.2) is 202 Å². The van der Waals surface area contributed by atoms with Crippen molar-refractivity contribution in [1.82, 2.24) is 52.3 Å². The lowest BCUT2D eigenvalue weighted by Gasteiger charge is -2.35. The monoisotopic (exact) mass is 1140 g/mol. The van der Waals surface area contributed by atoms with Crippen LogP contribution >= 0.6 is 12.6 Å². The van der Waals surface area contributed by atoms with Gasteiger partial charge in [-0.1, -0.05) is 50.6 Å². The number of aliphatic carboxylic acids is 1. The molecule has 0 aliphatic carbocycles. The average Bonchev–Trinajstić information content (AvgIpc) is 4.26. The van der Waals surface area contributed by atoms with E-state index in [9.17, 15) is 63.3 Å². The van der Waals surface area contributed by atoms with Gasteiger partial charge >= 0.3 is 5.97 Å². The number of unbranched alkanes of at least 4 members (excludes halogenated alkanes) is 1. The second-order valence-electron chi connectivity index (χ2n) is 20.6. The van der Waals surface area contributed by atoms with Crippen molar-refractivity contribution < 1.29 is 63.3 Å². The summed E-state index contributed by atoms with van der Waals surface area (Å²) in [5.74, 6) is -8.99. The van der Waals surface area contributed by atoms with Crippen LogP contribution in [0.25, 0.3) is 0 Å². The van der Waals surface area contributed by atoms with Crippen LogP contribution in [0.3, 0.4) is 0 Å². The summed E-state index contributed by atoms with van der Waals surface area (Å²) < 4.78 is 0. The molecule has 0 radical (unpaired) electrons. The van der Waals surface area contributed by atoms with E-state index in [0.29, 0.717) is 57.2 Å². The first-order valence-electron chi connectivity index (χ1n) is 27.5. The minimum atomic E-state index is -1.71. The summed E-state index contributed by atoms with van der Waals surface area (Å²) >= 11 is 4.25. The average molecular weight is 1150 g/mol. The number of aliphatic hydroxyl groups excluding tert-OH is 2. The number of carbonyl (C=O) groups is 10. The Morgan fingerprint density at radius 1 is 0.700 bits per heavy atom. The molecule has 1 aromatic carbocycles. The zero-order valence-corrected chi connectivity index (χ0v) is 46.8. The molecule has 0 unspecified atom stereocenters. The number of guanidine groups is 1. The van der Waals surface area contributed by atoms with Crippen LogP contribution < -0.4 is 59.7 Å². The van der Waals surface area contributed by atoms with Gasteiger partial charge in [0, 0.05) is 31.8 Å². The Labute approximate surface area is 471 Å². The number of hydrogen-bond donors (Lipinski definition) is 15. The van der Waals surface area contributed by atoms with Crippen molar-refractivity contribution in [2.24, 2.45) is 28.1 Å². The van der Waals surface area contributed by atoms with Crippen molar-refractivity contribution in [3.63, 3.8) is 0 Å². The third-order valence-corrected chi connectivity index (χ3v) is 14.9. The highest BCUT2D eigenvalue weighted by Crippen LogP contribution is 2.27. The largest absolute Gasteiger partial charge is 0.480 e. The topological polar surface area (TPSA) is 425 Å². The Morgan fingerprint density at radius 2 is 1.29 bits per heavy atom. The van der Waals surface area contributed by atoms with Crippen LogP contribution in [0.2, 0.25) is 0 Å². The van der Waals surface area contributed by atoms with E-state index in [2.05, 4.69) is 60.2 Å². The molecule has 3 heterocycles. The fourth-order valence-electron chi connectivity index (χ4n) is 9.78. The highest BCUT2D eigenvalue weighted by Gasteiger charge is 2.45. The van der Waals surface area contributed by atoms with Crippen LogP contribution in [0.1, 0.15) is 103 Å². The molecule has 27 nitrogen and oxygen atoms in total. The molecule has 17 N–H and O–H groups in total. The Balaban J connectivity index is 1.47. The number of nitrogens with zero attached hydrogens (tertiary/aromatic N) is 3. The van der Waals surface area contributed by atoms with Crippen LogP contribution in [0.4, 0.5) is 0 Å². The maximum absolute atomic E-state index is 14.5. The minimum absolute atomic E-state index is 0.0207. The van der Waals surface area contributed by atoms with Gasteiger partial charge in [0.15, 0.2) is 5.96 Å². The predicted octanol–water partition coefficient (Wildman–Crippen LogP) is -4.03. The number of benzene rings is 1. The molecule has 28 heteroatoms. The van der Waals surface area contributed by atoms with E-state index in [1.807, 2.05) is 0 Å². The highest BCUT2D eigenvalue weighted by molar-refractivity contribution is 7.80. The van der Waals surface area contributed by atoms with Gasteiger partial charge in [0.05, 0.1) is 18.8 Å². The summed E-state index contributed by atoms with van der Waals surface area (Å²) in [5.41, 5.74) is 16.9. The van der Waals surface area contributed by atoms with Crippen LogP contribution in [0, 0.1) is 5.92 Å². The standard InChI is InChI=1S/C52H84N14O13S/c1-4-29(2)40(50(77)66-25-13-20-39(66)49(76)65-24-12-19-38(65)47(74)59-34(51(78)79)18-11-23-57-52(54)55)63-45(72)36(27-67)61-44(71)35(26-31-14-6-5-7-15-31)60-48(75)41(30(3)68)64-46(73)37(28-80)62-43(70)33(16-8-9-21-53)58-42(69)32-17-10-22-56-32/h5-7,14-15,29-30,32-41,56,67-68,80H,4,8-13,16-28,53H2,1-3H3,(H,58,69)(H,59,74)(H,60,75)(H,61,71)(H,62,70)(H,63,72)(H,64,73)(H,78,79)(H4,54,55,57)/t29-,30+,32-,33-,34-,35-,36-,37-,38-,39-,40-,41-/m0/s1. The predicted molar refractivity (Wildman–Crippen MR) is 297 cm³/mol. The molecule has 3 fully saturated rings. The normalized spacial score (nSPS) is 20.3. The summed E-state index contributed by atoms with van der Waals surface area (Å²) in [6.45, 7) is 5.19. The lowest BCUT2D eigenvalue weighted by Crippen LogP contribution is -2.63. The molecule has 446 valence electrons. The molecule has 3 saturated heterocycles. The van der Waals surface area contributed by atoms with Crippen LogP contribution in [0.15, 0.2) is 35.3 Å². The number of nitrogens with two attached hydrogens (primary N) is 3. The Morgan fingerprint density at radius 3 is 1.89 bits per heavy atom. The van der Waals surface area contributed by atoms with Crippen LogP contribution in [0.5, 0.6) is 0 Å². The zero-order valence-electron chi connectivity index (χ0n) is 45.9. The van der Waals surface area contributed by atoms with Gasteiger partial charge in [-0.15, -0.1) is 0 Å². The number of aliphatic hydroxyl groups is 2. The smallest absolute Gasteiger partial charge is 0.326 e. The molecule has 0 spiro atoms. The van der Waals surface area contributed by atoms with E-state index >= 15 is 0 Å². The fourth-order valence-corrected chi connectivity index (χ4v) is 10.0. The maximum Gasteiger partial charge on any atom is 0.326 e. The number of nitrogens with one attached hydrogen (secondary N) is 8. The van der Waals surface area contributed by atoms with E-state index < -0.39 is 132 Å². The van der Waals surface area contributed by atoms with Crippen molar-refractivity contribution in [2.75, 3.05) is 45.1 Å². The molecular formula is C52H84N14O13S. The summed E-state index contributed by atoms with van der Waals surface area (Å²) in [7, 11) is 0. The van der Waals surface area contributed by atoms with Gasteiger partial charge in [0.1, 0.15) is 54.4 Å². The summed E-state index contributed by atoms with van der Waals surface area (Å²) in [6, 6.07) is -3.91. The van der Waals surface area contributed by atoms with Crippen molar-refractivity contribution >= 4 is 77.7 Å². The van der Waals surface area contributed by atoms with Gasteiger partial charge in [0.25, 0.3) is 0 Å². The summed E-state index contributed by atoms with van der Waals surface area (Å²) in [6.07, 6.45) is 2.91. The Bertz CT molecular complexity index is 2310. The van der Waals surface area contributed by atoms with E-state index in [1.54, 1.807) is 44.2 Å². The first-order chi connectivity index (χ1) is 38.1. The second-order valence-corrected chi connectivity index (χ2v) is 20.9. The first-order valence-corrected chi connectivity index (χ1v) is 28.2. The molecule has 12 atom stereocenters. The second kappa shape index (κ2) is 33.2. The molecule has 3 aliphatic rings. The quantitative estimate of drug-likeness (QED) is 0.0141. The maximum atomic E-state index is 14.5. The molecule has 0 aromatic heterocycles. The van der Waals surface area contributed by atoms with E-state index in [0.717, 1.165) is 6.42 Å². The van der Waals surface area contributed by atoms with E-state index in [1.165, 1.54) is 16.7 Å². The molecule has 3 aliphatic heterocycles. The first kappa shape index (κ1) is 65.9. The molecular weight excluding hydrogens is 1060 g/mol. The lowest BCUT2D eigenvalue weighted by molar-refractivity contribution is -0.149. The summed E-state index contributed by atoms with van der Waals surface area (Å²) in [4.78, 5) is 144. The van der Waals surface area contributed by atoms with Gasteiger partial charge in [-0.05, 0) is 102 Å². The molecule has 0 bridgehead atoms. The number of hydrogen-bond acceptors (Lipinski definition) is 16. The number of carboxylic acid groups (broad SMARTS) is 1. The van der Waals surface area contributed by atoms with Gasteiger partial charge < -0.3 is 84.9 Å². The van der Waals surface area contributed by atoms with Crippen molar-refractivity contribution in [2.45, 2.75) is 171 Å². The SMILES string of the molecule is CC[C@H](C)[C@H](NC(=O)[C@H](CO)NC(=O)[C@H](Cc1ccccc1)NC(=O)[C@@H](NC(=O)[C@H](CS)NC(=O)[C@H](CCCCN)NC(=O)[C@@H]1CCCN1)[C@@H](C)O)C(=O)N1CCC[C@H]1C(=O)N1CCC[C@H]1C(=O)N[C@@H](CCCN=C(N)N)C(=O)O. The third kappa shape index (κ3) is 19.6. The van der Waals surface area contributed by atoms with Crippen molar-refractivity contribution in [3.05, 3.63) is 35.9 Å². The lowest BCUT2D eigenvalue weighted by atomic mass is 9.96. The number of aliphatic imine (C=N–C) groups is 1. The van der Waals surface area contributed by atoms with Gasteiger partial charge in [-0.3, -0.25) is 48.1 Å². The van der Waals surface area contributed by atoms with Crippen molar-refractivity contribution in [3.8, 4) is 0 Å². The molecule has 80 heavy (non-hydrogen) atoms. The minimum Gasteiger partial charge on any atom is -0.480 e.